The minimum atomic E-state index is -0.563. The lowest BCUT2D eigenvalue weighted by Crippen LogP contribution is -2.28. The van der Waals surface area contributed by atoms with Gasteiger partial charge in [-0.2, -0.15) is 14.9 Å². The van der Waals surface area contributed by atoms with Crippen LogP contribution in [0.2, 0.25) is 0 Å². The summed E-state index contributed by atoms with van der Waals surface area (Å²) in [5.41, 5.74) is 4.72. The maximum absolute atomic E-state index is 13.0. The molecule has 0 atom stereocenters. The molecule has 0 bridgehead atoms. The Morgan fingerprint density at radius 2 is 1.68 bits per heavy atom. The zero-order valence-corrected chi connectivity index (χ0v) is 17.0. The highest BCUT2D eigenvalue weighted by molar-refractivity contribution is 6.06. The zero-order valence-electron chi connectivity index (χ0n) is 17.0. The lowest BCUT2D eigenvalue weighted by Gasteiger charge is -2.10. The average Bonchev–Trinajstić information content (AvgIpc) is 2.80. The number of aromatic nitrogens is 2. The lowest BCUT2D eigenvalue weighted by molar-refractivity contribution is 0.0950. The van der Waals surface area contributed by atoms with E-state index in [0.29, 0.717) is 27.7 Å². The van der Waals surface area contributed by atoms with Crippen LogP contribution in [0.4, 0.5) is 0 Å². The SMILES string of the molecule is C/C(=N\NC(=O)c1nn(-c2ccccc2)c(=O)c2ccccc12)c1cc(C)ccc1O. The first kappa shape index (κ1) is 20.0. The third-order valence-electron chi connectivity index (χ3n) is 4.89. The van der Waals surface area contributed by atoms with Gasteiger partial charge in [0, 0.05) is 10.9 Å². The number of nitrogens with zero attached hydrogens (tertiary/aromatic N) is 3. The second-order valence-corrected chi connectivity index (χ2v) is 7.11. The van der Waals surface area contributed by atoms with E-state index in [0.717, 1.165) is 5.56 Å². The van der Waals surface area contributed by atoms with Crippen LogP contribution in [-0.2, 0) is 0 Å². The number of nitrogens with one attached hydrogen (secondary N) is 1. The molecule has 4 aromatic rings. The van der Waals surface area contributed by atoms with Gasteiger partial charge in [-0.25, -0.2) is 5.43 Å². The number of hydrogen-bond donors (Lipinski definition) is 2. The molecular weight excluding hydrogens is 392 g/mol. The second-order valence-electron chi connectivity index (χ2n) is 7.11. The first-order valence-electron chi connectivity index (χ1n) is 9.68. The van der Waals surface area contributed by atoms with Crippen LogP contribution in [0.5, 0.6) is 5.75 Å². The van der Waals surface area contributed by atoms with Crippen LogP contribution in [0.25, 0.3) is 16.5 Å². The van der Waals surface area contributed by atoms with Crippen molar-refractivity contribution in [2.45, 2.75) is 13.8 Å². The van der Waals surface area contributed by atoms with E-state index in [2.05, 4.69) is 15.6 Å². The van der Waals surface area contributed by atoms with Crippen LogP contribution >= 0.6 is 0 Å². The molecule has 4 rings (SSSR count). The van der Waals surface area contributed by atoms with Gasteiger partial charge in [0.2, 0.25) is 0 Å². The number of phenols is 1. The zero-order chi connectivity index (χ0) is 22.0. The first-order valence-corrected chi connectivity index (χ1v) is 9.68. The van der Waals surface area contributed by atoms with Crippen LogP contribution in [0.3, 0.4) is 0 Å². The van der Waals surface area contributed by atoms with Gasteiger partial charge in [-0.3, -0.25) is 9.59 Å². The standard InChI is InChI=1S/C24H20N4O3/c1-15-12-13-21(29)20(14-15)16(2)25-26-23(30)22-18-10-6-7-11-19(18)24(31)28(27-22)17-8-4-3-5-9-17/h3-14,29H,1-2H3,(H,26,30)/b25-16+. The smallest absolute Gasteiger partial charge is 0.292 e. The van der Waals surface area contributed by atoms with E-state index in [4.69, 9.17) is 0 Å². The largest absolute Gasteiger partial charge is 0.507 e. The highest BCUT2D eigenvalue weighted by atomic mass is 16.3. The maximum atomic E-state index is 13.0. The van der Waals surface area contributed by atoms with Crippen molar-refractivity contribution in [3.8, 4) is 11.4 Å². The molecule has 0 saturated carbocycles. The van der Waals surface area contributed by atoms with Crippen molar-refractivity contribution in [3.05, 3.63) is 100.0 Å². The summed E-state index contributed by atoms with van der Waals surface area (Å²) in [6, 6.07) is 20.9. The van der Waals surface area contributed by atoms with E-state index < -0.39 is 5.91 Å². The van der Waals surface area contributed by atoms with Crippen LogP contribution in [0, 0.1) is 6.92 Å². The molecule has 7 heteroatoms. The van der Waals surface area contributed by atoms with E-state index in [-0.39, 0.29) is 17.0 Å². The van der Waals surface area contributed by atoms with Crippen molar-refractivity contribution in [2.24, 2.45) is 5.10 Å². The highest BCUT2D eigenvalue weighted by Gasteiger charge is 2.17. The molecule has 1 amide bonds. The fourth-order valence-corrected chi connectivity index (χ4v) is 3.29. The molecule has 0 radical (unpaired) electrons. The molecule has 7 nitrogen and oxygen atoms in total. The molecule has 2 N–H and O–H groups in total. The van der Waals surface area contributed by atoms with Crippen molar-refractivity contribution in [1.29, 1.82) is 0 Å². The number of fused-ring (bicyclic) bond motifs is 1. The normalized spacial score (nSPS) is 11.5. The Kier molecular flexibility index (Phi) is 5.32. The Bertz CT molecular complexity index is 1370. The summed E-state index contributed by atoms with van der Waals surface area (Å²) in [4.78, 5) is 25.9. The number of carbonyl (C=O) groups is 1. The number of rotatable bonds is 4. The minimum Gasteiger partial charge on any atom is -0.507 e. The molecule has 1 heterocycles. The van der Waals surface area contributed by atoms with Crippen molar-refractivity contribution < 1.29 is 9.90 Å². The van der Waals surface area contributed by atoms with Crippen molar-refractivity contribution in [3.63, 3.8) is 0 Å². The fourth-order valence-electron chi connectivity index (χ4n) is 3.29. The highest BCUT2D eigenvalue weighted by Crippen LogP contribution is 2.19. The molecule has 0 saturated heterocycles. The quantitative estimate of drug-likeness (QED) is 0.396. The van der Waals surface area contributed by atoms with E-state index in [1.807, 2.05) is 13.0 Å². The number of hydrogen-bond acceptors (Lipinski definition) is 5. The summed E-state index contributed by atoms with van der Waals surface area (Å²) in [5.74, 6) is -0.491. The predicted octanol–water partition coefficient (Wildman–Crippen LogP) is 3.55. The summed E-state index contributed by atoms with van der Waals surface area (Å²) in [6.07, 6.45) is 0. The molecule has 0 spiro atoms. The summed E-state index contributed by atoms with van der Waals surface area (Å²) in [5, 5.41) is 19.4. The minimum absolute atomic E-state index is 0.0716. The average molecular weight is 412 g/mol. The van der Waals surface area contributed by atoms with Crippen molar-refractivity contribution in [1.82, 2.24) is 15.2 Å². The number of phenolic OH excluding ortho intramolecular Hbond substituents is 1. The molecule has 0 unspecified atom stereocenters. The van der Waals surface area contributed by atoms with Crippen LogP contribution < -0.4 is 11.0 Å². The van der Waals surface area contributed by atoms with E-state index in [1.54, 1.807) is 73.7 Å². The topological polar surface area (TPSA) is 96.6 Å². The Morgan fingerprint density at radius 1 is 1.00 bits per heavy atom. The van der Waals surface area contributed by atoms with Gasteiger partial charge in [-0.15, -0.1) is 0 Å². The number of hydrazone groups is 1. The fraction of sp³-hybridized carbons (Fsp3) is 0.0833. The van der Waals surface area contributed by atoms with Crippen LogP contribution in [-0.4, -0.2) is 26.5 Å². The third-order valence-corrected chi connectivity index (χ3v) is 4.89. The van der Waals surface area contributed by atoms with Gasteiger partial charge in [-0.1, -0.05) is 48.0 Å². The van der Waals surface area contributed by atoms with E-state index in [9.17, 15) is 14.7 Å². The van der Waals surface area contributed by atoms with Crippen molar-refractivity contribution in [2.75, 3.05) is 0 Å². The monoisotopic (exact) mass is 412 g/mol. The molecule has 0 aliphatic carbocycles. The second kappa shape index (κ2) is 8.23. The summed E-state index contributed by atoms with van der Waals surface area (Å²) in [7, 11) is 0. The van der Waals surface area contributed by atoms with Gasteiger partial charge in [0.1, 0.15) is 5.75 Å². The molecule has 3 aromatic carbocycles. The van der Waals surface area contributed by atoms with Gasteiger partial charge in [0.25, 0.3) is 11.5 Å². The van der Waals surface area contributed by atoms with Crippen LogP contribution in [0.15, 0.2) is 82.7 Å². The van der Waals surface area contributed by atoms with Gasteiger partial charge in [-0.05, 0) is 44.2 Å². The summed E-state index contributed by atoms with van der Waals surface area (Å²) < 4.78 is 1.21. The Labute approximate surface area is 178 Å². The van der Waals surface area contributed by atoms with Gasteiger partial charge >= 0.3 is 0 Å². The van der Waals surface area contributed by atoms with Gasteiger partial charge in [0.05, 0.1) is 16.8 Å². The third kappa shape index (κ3) is 3.93. The molecule has 154 valence electrons. The number of para-hydroxylation sites is 1. The molecule has 0 aliphatic heterocycles. The molecule has 0 aliphatic rings. The predicted molar refractivity (Wildman–Crippen MR) is 120 cm³/mol. The van der Waals surface area contributed by atoms with Crippen LogP contribution in [0.1, 0.15) is 28.5 Å². The lowest BCUT2D eigenvalue weighted by atomic mass is 10.1. The molecular formula is C24H20N4O3. The first-order chi connectivity index (χ1) is 15.0. The Morgan fingerprint density at radius 3 is 2.42 bits per heavy atom. The summed E-state index contributed by atoms with van der Waals surface area (Å²) >= 11 is 0. The Hall–Kier alpha value is -4.26. The number of aromatic hydroxyl groups is 1. The number of amides is 1. The molecule has 1 aromatic heterocycles. The Balaban J connectivity index is 1.77. The van der Waals surface area contributed by atoms with Gasteiger partial charge in [0.15, 0.2) is 5.69 Å². The molecule has 31 heavy (non-hydrogen) atoms. The summed E-state index contributed by atoms with van der Waals surface area (Å²) in [6.45, 7) is 3.59. The van der Waals surface area contributed by atoms with Crippen molar-refractivity contribution >= 4 is 22.4 Å². The maximum Gasteiger partial charge on any atom is 0.292 e. The number of aryl methyl sites for hydroxylation is 1. The van der Waals surface area contributed by atoms with E-state index >= 15 is 0 Å². The number of benzene rings is 3. The van der Waals surface area contributed by atoms with Gasteiger partial charge < -0.3 is 5.11 Å². The number of carbonyl (C=O) groups excluding carboxylic acids is 1. The van der Waals surface area contributed by atoms with E-state index in [1.165, 1.54) is 4.68 Å². The molecule has 0 fully saturated rings.